The predicted octanol–water partition coefficient (Wildman–Crippen LogP) is 12.2. The highest BCUT2D eigenvalue weighted by Crippen LogP contribution is 2.38. The minimum Gasteiger partial charge on any atom is -0.756 e. The quantitative estimate of drug-likeness (QED) is 0.0153. The molecule has 0 saturated carbocycles. The highest BCUT2D eigenvalue weighted by atomic mass is 31.2. The van der Waals surface area contributed by atoms with Crippen LogP contribution in [0.1, 0.15) is 149 Å². The van der Waals surface area contributed by atoms with E-state index in [0.29, 0.717) is 17.4 Å². The van der Waals surface area contributed by atoms with E-state index in [9.17, 15) is 14.3 Å². The zero-order valence-corrected chi connectivity index (χ0v) is 36.5. The Morgan fingerprint density at radius 3 is 1.62 bits per heavy atom. The molecule has 2 atom stereocenters. The second-order valence-corrected chi connectivity index (χ2v) is 16.4. The third kappa shape index (κ3) is 42.5. The molecule has 0 bridgehead atoms. The number of hydrogen-bond donors (Lipinski definition) is 0. The van der Waals surface area contributed by atoms with Gasteiger partial charge < -0.3 is 27.9 Å². The zero-order chi connectivity index (χ0) is 40.6. The summed E-state index contributed by atoms with van der Waals surface area (Å²) in [5, 5.41) is 0. The predicted molar refractivity (Wildman–Crippen MR) is 231 cm³/mol. The summed E-state index contributed by atoms with van der Waals surface area (Å²) in [5.74, 6) is -0.418. The second-order valence-electron chi connectivity index (χ2n) is 15.0. The number of phosphoric ester groups is 1. The van der Waals surface area contributed by atoms with Crippen LogP contribution < -0.4 is 4.89 Å². The summed E-state index contributed by atoms with van der Waals surface area (Å²) >= 11 is 0. The Hall–Kier alpha value is -2.48. The van der Waals surface area contributed by atoms with E-state index in [-0.39, 0.29) is 26.2 Å². The molecule has 0 saturated heterocycles. The molecule has 0 aliphatic carbocycles. The Morgan fingerprint density at radius 1 is 0.600 bits per heavy atom. The number of hydrogen-bond acceptors (Lipinski definition) is 7. The first kappa shape index (κ1) is 52.5. The van der Waals surface area contributed by atoms with E-state index < -0.39 is 19.9 Å². The number of likely N-dealkylation sites (N-methyl/N-ethyl adjacent to an activating group) is 1. The Kier molecular flexibility index (Phi) is 36.7. The van der Waals surface area contributed by atoms with Gasteiger partial charge >= 0.3 is 5.97 Å². The van der Waals surface area contributed by atoms with Crippen LogP contribution in [0, 0.1) is 0 Å². The van der Waals surface area contributed by atoms with Crippen molar-refractivity contribution in [1.29, 1.82) is 0 Å². The molecular formula is C46H80NO7P. The van der Waals surface area contributed by atoms with Crippen molar-refractivity contribution in [2.24, 2.45) is 0 Å². The van der Waals surface area contributed by atoms with Gasteiger partial charge in [0.05, 0.1) is 34.0 Å². The lowest BCUT2D eigenvalue weighted by atomic mass is 10.1. The number of nitrogens with zero attached hydrogens (tertiary/aromatic N) is 1. The van der Waals surface area contributed by atoms with Crippen molar-refractivity contribution in [3.05, 3.63) is 85.3 Å². The maximum absolute atomic E-state index is 12.6. The summed E-state index contributed by atoms with van der Waals surface area (Å²) in [6.07, 6.45) is 51.2. The summed E-state index contributed by atoms with van der Waals surface area (Å²) in [6, 6.07) is 0. The van der Waals surface area contributed by atoms with Crippen molar-refractivity contribution < 1.29 is 37.3 Å². The minimum atomic E-state index is -4.56. The fraction of sp³-hybridized carbons (Fsp3) is 0.674. The monoisotopic (exact) mass is 790 g/mol. The molecule has 0 amide bonds. The number of rotatable bonds is 38. The fourth-order valence-electron chi connectivity index (χ4n) is 5.19. The van der Waals surface area contributed by atoms with E-state index in [0.717, 1.165) is 51.4 Å². The number of unbranched alkanes of at least 4 members (excludes halogenated alkanes) is 12. The number of allylic oxidation sites excluding steroid dienone is 13. The molecule has 316 valence electrons. The van der Waals surface area contributed by atoms with Gasteiger partial charge in [0, 0.05) is 6.42 Å². The number of phosphoric acid groups is 1. The van der Waals surface area contributed by atoms with Crippen LogP contribution in [-0.4, -0.2) is 64.1 Å². The molecule has 9 heteroatoms. The van der Waals surface area contributed by atoms with Gasteiger partial charge in [-0.05, 0) is 89.5 Å². The summed E-state index contributed by atoms with van der Waals surface area (Å²) in [7, 11) is 1.27. The van der Waals surface area contributed by atoms with Gasteiger partial charge in [0.2, 0.25) is 0 Å². The summed E-state index contributed by atoms with van der Waals surface area (Å²) in [4.78, 5) is 25.0. The molecule has 0 N–H and O–H groups in total. The highest BCUT2D eigenvalue weighted by Gasteiger charge is 2.20. The Morgan fingerprint density at radius 2 is 1.07 bits per heavy atom. The van der Waals surface area contributed by atoms with E-state index in [1.807, 2.05) is 27.2 Å². The Bertz CT molecular complexity index is 1150. The van der Waals surface area contributed by atoms with E-state index >= 15 is 0 Å². The smallest absolute Gasteiger partial charge is 0.306 e. The number of quaternary nitrogens is 1. The van der Waals surface area contributed by atoms with Crippen LogP contribution in [-0.2, 0) is 27.9 Å². The standard InChI is InChI=1S/C46H80NO7P/c1-6-8-10-12-14-16-18-20-22-24-25-27-29-31-33-35-37-39-46(48)54-45(44-53-55(49,50)52-42-40-47(3,4)5)43-51-41-38-36-34-32-30-28-26-23-21-19-17-15-13-11-9-7-2/h8,10,14,16-17,19-20,22,25,27,31,33,38,41,45H,6-7,9,11-13,15,18,21,23-24,26,28-30,32,34-37,39-40,42-44H2,1-5H3/b10-8-,16-14-,19-17-,22-20-,27-25-,33-31-,41-38-/t45-/m1/s1. The van der Waals surface area contributed by atoms with Crippen molar-refractivity contribution in [2.75, 3.05) is 47.5 Å². The van der Waals surface area contributed by atoms with Crippen LogP contribution in [0.3, 0.4) is 0 Å². The molecule has 0 aromatic carbocycles. The van der Waals surface area contributed by atoms with Gasteiger partial charge in [0.1, 0.15) is 19.8 Å². The van der Waals surface area contributed by atoms with Crippen LogP contribution >= 0.6 is 7.82 Å². The average molecular weight is 790 g/mol. The molecule has 0 heterocycles. The topological polar surface area (TPSA) is 94.1 Å². The van der Waals surface area contributed by atoms with Crippen LogP contribution in [0.25, 0.3) is 0 Å². The molecule has 8 nitrogen and oxygen atoms in total. The largest absolute Gasteiger partial charge is 0.756 e. The van der Waals surface area contributed by atoms with Crippen molar-refractivity contribution >= 4 is 13.8 Å². The summed E-state index contributed by atoms with van der Waals surface area (Å²) < 4.78 is 34.2. The normalized spacial score (nSPS) is 14.6. The molecule has 0 radical (unpaired) electrons. The second kappa shape index (κ2) is 38.4. The van der Waals surface area contributed by atoms with Crippen LogP contribution in [0.2, 0.25) is 0 Å². The average Bonchev–Trinajstić information content (AvgIpc) is 3.13. The third-order valence-corrected chi connectivity index (χ3v) is 9.46. The lowest BCUT2D eigenvalue weighted by molar-refractivity contribution is -0.870. The maximum atomic E-state index is 12.6. The van der Waals surface area contributed by atoms with Crippen molar-refractivity contribution in [3.63, 3.8) is 0 Å². The first-order valence-electron chi connectivity index (χ1n) is 21.4. The van der Waals surface area contributed by atoms with Gasteiger partial charge in [-0.15, -0.1) is 0 Å². The SMILES string of the molecule is CC/C=C\C/C=C\C/C=C\C/C=C\C/C=C\CCCC(=O)O[C@H](CO/C=C\CCCCCCCC/C=C\CCCCCC)COP(=O)([O-])OCC[N+](C)(C)C. The summed E-state index contributed by atoms with van der Waals surface area (Å²) in [5.41, 5.74) is 0. The molecule has 0 rings (SSSR count). The first-order chi connectivity index (χ1) is 26.6. The number of ether oxygens (including phenoxy) is 2. The van der Waals surface area contributed by atoms with Gasteiger partial charge in [-0.25, -0.2) is 0 Å². The number of carbonyl (C=O) groups excluding carboxylic acids is 1. The van der Waals surface area contributed by atoms with Crippen LogP contribution in [0.15, 0.2) is 85.3 Å². The van der Waals surface area contributed by atoms with Crippen molar-refractivity contribution in [2.45, 2.75) is 155 Å². The Labute approximate surface area is 337 Å². The van der Waals surface area contributed by atoms with Gasteiger partial charge in [-0.1, -0.05) is 132 Å². The van der Waals surface area contributed by atoms with Gasteiger partial charge in [-0.3, -0.25) is 9.36 Å². The molecule has 0 aliphatic heterocycles. The summed E-state index contributed by atoms with van der Waals surface area (Å²) in [6.45, 7) is 4.51. The Balaban J connectivity index is 4.44. The molecule has 0 spiro atoms. The van der Waals surface area contributed by atoms with Crippen molar-refractivity contribution in [1.82, 2.24) is 0 Å². The minimum absolute atomic E-state index is 0.000366. The maximum Gasteiger partial charge on any atom is 0.306 e. The first-order valence-corrected chi connectivity index (χ1v) is 22.8. The van der Waals surface area contributed by atoms with Gasteiger partial charge in [0.15, 0.2) is 6.10 Å². The van der Waals surface area contributed by atoms with Crippen LogP contribution in [0.4, 0.5) is 0 Å². The fourth-order valence-corrected chi connectivity index (χ4v) is 5.92. The third-order valence-electron chi connectivity index (χ3n) is 8.49. The molecule has 0 fully saturated rings. The van der Waals surface area contributed by atoms with Gasteiger partial charge in [-0.2, -0.15) is 0 Å². The molecule has 0 aromatic heterocycles. The van der Waals surface area contributed by atoms with Crippen molar-refractivity contribution in [3.8, 4) is 0 Å². The van der Waals surface area contributed by atoms with Gasteiger partial charge in [0.25, 0.3) is 7.82 Å². The molecular weight excluding hydrogens is 709 g/mol. The van der Waals surface area contributed by atoms with Crippen LogP contribution in [0.5, 0.6) is 0 Å². The zero-order valence-electron chi connectivity index (χ0n) is 35.6. The lowest BCUT2D eigenvalue weighted by Gasteiger charge is -2.28. The van der Waals surface area contributed by atoms with E-state index in [1.165, 1.54) is 70.6 Å². The molecule has 55 heavy (non-hydrogen) atoms. The molecule has 0 aromatic rings. The number of carbonyl (C=O) groups is 1. The lowest BCUT2D eigenvalue weighted by Crippen LogP contribution is -2.37. The number of esters is 1. The van der Waals surface area contributed by atoms with E-state index in [1.54, 1.807) is 6.26 Å². The van der Waals surface area contributed by atoms with E-state index in [2.05, 4.69) is 86.8 Å². The molecule has 1 unspecified atom stereocenters. The highest BCUT2D eigenvalue weighted by molar-refractivity contribution is 7.45. The molecule has 0 aliphatic rings. The van der Waals surface area contributed by atoms with E-state index in [4.69, 9.17) is 18.5 Å².